The third-order valence-corrected chi connectivity index (χ3v) is 4.32. The average Bonchev–Trinajstić information content (AvgIpc) is 2.70. The van der Waals surface area contributed by atoms with E-state index < -0.39 is 5.25 Å². The largest absolute Gasteiger partial charge is 0.326 e. The molecule has 22 heavy (non-hydrogen) atoms. The maximum atomic E-state index is 12.0. The summed E-state index contributed by atoms with van der Waals surface area (Å²) >= 11 is 4.65. The molecule has 1 aliphatic heterocycles. The van der Waals surface area contributed by atoms with E-state index in [0.29, 0.717) is 10.9 Å². The van der Waals surface area contributed by atoms with Gasteiger partial charge in [0.25, 0.3) is 0 Å². The van der Waals surface area contributed by atoms with Gasteiger partial charge in [-0.3, -0.25) is 14.6 Å². The van der Waals surface area contributed by atoms with Crippen LogP contribution in [0.5, 0.6) is 0 Å². The summed E-state index contributed by atoms with van der Waals surface area (Å²) in [5.74, 6) is -0.356. The highest BCUT2D eigenvalue weighted by atomic mass is 79.9. The van der Waals surface area contributed by atoms with Gasteiger partial charge < -0.3 is 10.6 Å². The fourth-order valence-electron chi connectivity index (χ4n) is 1.81. The molecular weight excluding hydrogens is 366 g/mol. The molecule has 0 unspecified atom stereocenters. The number of aliphatic imine (C=N–C) groups is 1. The van der Waals surface area contributed by atoms with E-state index in [1.54, 1.807) is 12.1 Å². The first kappa shape index (κ1) is 17.0. The lowest BCUT2D eigenvalue weighted by Crippen LogP contribution is -2.28. The molecule has 0 aliphatic carbocycles. The van der Waals surface area contributed by atoms with Crippen molar-refractivity contribution in [3.8, 4) is 0 Å². The third-order valence-electron chi connectivity index (χ3n) is 2.71. The molecule has 0 bridgehead atoms. The van der Waals surface area contributed by atoms with Gasteiger partial charge in [0.15, 0.2) is 5.17 Å². The van der Waals surface area contributed by atoms with Gasteiger partial charge in [0.05, 0.1) is 5.54 Å². The smallest absolute Gasteiger partial charge is 0.240 e. The van der Waals surface area contributed by atoms with E-state index in [2.05, 4.69) is 31.6 Å². The van der Waals surface area contributed by atoms with E-state index in [-0.39, 0.29) is 23.8 Å². The molecule has 118 valence electrons. The van der Waals surface area contributed by atoms with Gasteiger partial charge in [-0.15, -0.1) is 0 Å². The van der Waals surface area contributed by atoms with Crippen molar-refractivity contribution in [1.82, 2.24) is 5.32 Å². The average molecular weight is 384 g/mol. The Kier molecular flexibility index (Phi) is 5.28. The van der Waals surface area contributed by atoms with Gasteiger partial charge in [0.2, 0.25) is 11.8 Å². The lowest BCUT2D eigenvalue weighted by molar-refractivity contribution is -0.122. The van der Waals surface area contributed by atoms with Gasteiger partial charge in [-0.05, 0) is 45.0 Å². The molecule has 2 N–H and O–H groups in total. The second-order valence-corrected chi connectivity index (χ2v) is 8.05. The zero-order valence-electron chi connectivity index (χ0n) is 12.6. The molecule has 2 rings (SSSR count). The number of carbonyl (C=O) groups is 2. The van der Waals surface area contributed by atoms with Crippen LogP contribution in [-0.4, -0.2) is 27.8 Å². The lowest BCUT2D eigenvalue weighted by Gasteiger charge is -2.12. The molecule has 5 nitrogen and oxygen atoms in total. The fourth-order valence-corrected chi connectivity index (χ4v) is 3.23. The summed E-state index contributed by atoms with van der Waals surface area (Å²) in [4.78, 5) is 28.4. The summed E-state index contributed by atoms with van der Waals surface area (Å²) in [5, 5.41) is 5.66. The van der Waals surface area contributed by atoms with Crippen LogP contribution in [0.4, 0.5) is 5.69 Å². The van der Waals surface area contributed by atoms with Crippen molar-refractivity contribution in [1.29, 1.82) is 0 Å². The number of nitrogens with zero attached hydrogens (tertiary/aromatic N) is 1. The number of halogens is 1. The summed E-state index contributed by atoms with van der Waals surface area (Å²) in [6.07, 6.45) is 0.121. The van der Waals surface area contributed by atoms with Crippen molar-refractivity contribution in [2.75, 3.05) is 5.32 Å². The second kappa shape index (κ2) is 6.83. The van der Waals surface area contributed by atoms with Crippen LogP contribution >= 0.6 is 27.7 Å². The lowest BCUT2D eigenvalue weighted by atomic mass is 10.1. The molecule has 1 fully saturated rings. The maximum Gasteiger partial charge on any atom is 0.240 e. The molecule has 1 saturated heterocycles. The van der Waals surface area contributed by atoms with Crippen LogP contribution in [0.15, 0.2) is 33.7 Å². The van der Waals surface area contributed by atoms with Gasteiger partial charge in [-0.1, -0.05) is 27.7 Å². The van der Waals surface area contributed by atoms with Crippen molar-refractivity contribution in [3.63, 3.8) is 0 Å². The van der Waals surface area contributed by atoms with Crippen LogP contribution in [0.3, 0.4) is 0 Å². The van der Waals surface area contributed by atoms with Gasteiger partial charge >= 0.3 is 0 Å². The first-order valence-corrected chi connectivity index (χ1v) is 8.53. The first-order valence-electron chi connectivity index (χ1n) is 6.86. The molecule has 1 aromatic carbocycles. The van der Waals surface area contributed by atoms with E-state index in [1.807, 2.05) is 32.9 Å². The van der Waals surface area contributed by atoms with Crippen molar-refractivity contribution >= 4 is 50.4 Å². The zero-order chi connectivity index (χ0) is 16.3. The molecular formula is C15H18BrN3O2S. The molecule has 0 radical (unpaired) electrons. The molecule has 1 heterocycles. The Morgan fingerprint density at radius 3 is 2.59 bits per heavy atom. The molecule has 0 spiro atoms. The summed E-state index contributed by atoms with van der Waals surface area (Å²) in [6.45, 7) is 5.88. The number of hydrogen-bond acceptors (Lipinski definition) is 4. The first-order chi connectivity index (χ1) is 10.2. The van der Waals surface area contributed by atoms with Crippen LogP contribution in [0.1, 0.15) is 27.2 Å². The van der Waals surface area contributed by atoms with Crippen molar-refractivity contribution < 1.29 is 9.59 Å². The van der Waals surface area contributed by atoms with Crippen LogP contribution in [0, 0.1) is 0 Å². The Labute approximate surface area is 142 Å². The summed E-state index contributed by atoms with van der Waals surface area (Å²) in [7, 11) is 0. The van der Waals surface area contributed by atoms with Gasteiger partial charge in [-0.2, -0.15) is 0 Å². The summed E-state index contributed by atoms with van der Waals surface area (Å²) in [5.41, 5.74) is 0.449. The SMILES string of the molecule is CC(C)(C)N=C1NC(=O)[C@@H](CC(=O)Nc2ccc(Br)cc2)S1. The Bertz CT molecular complexity index is 608. The predicted molar refractivity (Wildman–Crippen MR) is 94.1 cm³/mol. The third kappa shape index (κ3) is 5.14. The quantitative estimate of drug-likeness (QED) is 0.841. The minimum Gasteiger partial charge on any atom is -0.326 e. The standard InChI is InChI=1S/C15H18BrN3O2S/c1-15(2,3)19-14-18-13(21)11(22-14)8-12(20)17-10-6-4-9(16)5-7-10/h4-7,11H,8H2,1-3H3,(H,17,20)(H,18,19,21)/t11-/m1/s1. The number of amides is 2. The minimum atomic E-state index is -0.434. The maximum absolute atomic E-state index is 12.0. The number of hydrogen-bond donors (Lipinski definition) is 2. The number of benzene rings is 1. The molecule has 7 heteroatoms. The van der Waals surface area contributed by atoms with Crippen LogP contribution < -0.4 is 10.6 Å². The highest BCUT2D eigenvalue weighted by Gasteiger charge is 2.32. The topological polar surface area (TPSA) is 70.6 Å². The van der Waals surface area contributed by atoms with E-state index >= 15 is 0 Å². The monoisotopic (exact) mass is 383 g/mol. The minimum absolute atomic E-state index is 0.121. The summed E-state index contributed by atoms with van der Waals surface area (Å²) < 4.78 is 0.944. The number of amidine groups is 1. The van der Waals surface area contributed by atoms with E-state index in [9.17, 15) is 9.59 Å². The van der Waals surface area contributed by atoms with Gasteiger partial charge in [-0.25, -0.2) is 0 Å². The van der Waals surface area contributed by atoms with Crippen LogP contribution in [0.25, 0.3) is 0 Å². The molecule has 1 atom stereocenters. The number of carbonyl (C=O) groups excluding carboxylic acids is 2. The second-order valence-electron chi connectivity index (χ2n) is 5.94. The zero-order valence-corrected chi connectivity index (χ0v) is 15.0. The van der Waals surface area contributed by atoms with E-state index in [1.165, 1.54) is 11.8 Å². The Hall–Kier alpha value is -1.34. The Balaban J connectivity index is 1.93. The molecule has 1 aromatic rings. The van der Waals surface area contributed by atoms with Gasteiger partial charge in [0.1, 0.15) is 5.25 Å². The predicted octanol–water partition coefficient (Wildman–Crippen LogP) is 3.16. The van der Waals surface area contributed by atoms with Crippen LogP contribution in [0.2, 0.25) is 0 Å². The number of rotatable bonds is 3. The highest BCUT2D eigenvalue weighted by Crippen LogP contribution is 2.25. The fraction of sp³-hybridized carbons (Fsp3) is 0.400. The molecule has 0 aromatic heterocycles. The number of thioether (sulfide) groups is 1. The summed E-state index contributed by atoms with van der Waals surface area (Å²) in [6, 6.07) is 7.30. The molecule has 2 amide bonds. The number of anilines is 1. The van der Waals surface area contributed by atoms with Crippen molar-refractivity contribution in [2.45, 2.75) is 38.0 Å². The Morgan fingerprint density at radius 1 is 1.36 bits per heavy atom. The Morgan fingerprint density at radius 2 is 2.00 bits per heavy atom. The van der Waals surface area contributed by atoms with Crippen molar-refractivity contribution in [2.24, 2.45) is 4.99 Å². The highest BCUT2D eigenvalue weighted by molar-refractivity contribution is 9.10. The van der Waals surface area contributed by atoms with E-state index in [4.69, 9.17) is 0 Å². The molecule has 1 aliphatic rings. The van der Waals surface area contributed by atoms with E-state index in [0.717, 1.165) is 4.47 Å². The van der Waals surface area contributed by atoms with Gasteiger partial charge in [0, 0.05) is 16.6 Å². The number of nitrogens with one attached hydrogen (secondary N) is 2. The van der Waals surface area contributed by atoms with Crippen molar-refractivity contribution in [3.05, 3.63) is 28.7 Å². The van der Waals surface area contributed by atoms with Crippen LogP contribution in [-0.2, 0) is 9.59 Å². The normalized spacial score (nSPS) is 20.1. The molecule has 0 saturated carbocycles.